The summed E-state index contributed by atoms with van der Waals surface area (Å²) in [4.78, 5) is 80.4. The summed E-state index contributed by atoms with van der Waals surface area (Å²) in [6.07, 6.45) is 1.87. The Bertz CT molecular complexity index is 1770. The third-order valence-corrected chi connectivity index (χ3v) is 8.85. The van der Waals surface area contributed by atoms with E-state index in [1.165, 1.54) is 35.5 Å². The summed E-state index contributed by atoms with van der Waals surface area (Å²) in [7, 11) is 0. The maximum Gasteiger partial charge on any atom is 0.341 e. The van der Waals surface area contributed by atoms with Crippen LogP contribution in [0.25, 0.3) is 0 Å². The predicted octanol–water partition coefficient (Wildman–Crippen LogP) is 4.54. The number of ketones is 1. The van der Waals surface area contributed by atoms with Crippen molar-refractivity contribution in [2.45, 2.75) is 76.6 Å². The summed E-state index contributed by atoms with van der Waals surface area (Å²) < 4.78 is 16.3. The number of nitrogens with zero attached hydrogens (tertiary/aromatic N) is 2. The summed E-state index contributed by atoms with van der Waals surface area (Å²) in [5.41, 5.74) is 0.106. The highest BCUT2D eigenvalue weighted by Gasteiger charge is 2.45. The Kier molecular flexibility index (Phi) is 11.7. The monoisotopic (exact) mass is 740 g/mol. The SMILES string of the molecule is CC(C)(C)Oc1ccc(C[C@H](NC(=O)[C@@H]2CCCN3C(=O)CC[C@H](NC(=O)c4ccco4)C(=O)N23)C(=O)COC(=O)c2c(Cl)cccc2Cl)cc1. The average molecular weight is 742 g/mol. The van der Waals surface area contributed by atoms with Crippen LogP contribution in [0.1, 0.15) is 72.9 Å². The fraction of sp³-hybridized carbons (Fsp3) is 0.389. The molecule has 270 valence electrons. The van der Waals surface area contributed by atoms with Gasteiger partial charge in [0.2, 0.25) is 11.8 Å². The van der Waals surface area contributed by atoms with Crippen LogP contribution in [-0.2, 0) is 30.3 Å². The summed E-state index contributed by atoms with van der Waals surface area (Å²) in [6, 6.07) is 10.9. The van der Waals surface area contributed by atoms with Gasteiger partial charge in [0.25, 0.3) is 11.8 Å². The lowest BCUT2D eigenvalue weighted by Gasteiger charge is -2.43. The van der Waals surface area contributed by atoms with Gasteiger partial charge in [0, 0.05) is 13.0 Å². The Morgan fingerprint density at radius 1 is 0.980 bits per heavy atom. The second-order valence-corrected chi connectivity index (χ2v) is 14.0. The zero-order chi connectivity index (χ0) is 36.9. The van der Waals surface area contributed by atoms with E-state index in [0.29, 0.717) is 17.7 Å². The third-order valence-electron chi connectivity index (χ3n) is 8.22. The number of hydrazine groups is 1. The lowest BCUT2D eigenvalue weighted by Crippen LogP contribution is -2.64. The van der Waals surface area contributed by atoms with E-state index in [-0.39, 0.29) is 59.5 Å². The van der Waals surface area contributed by atoms with Crippen LogP contribution in [-0.4, -0.2) is 82.3 Å². The van der Waals surface area contributed by atoms with E-state index in [1.54, 1.807) is 30.3 Å². The first-order chi connectivity index (χ1) is 24.2. The van der Waals surface area contributed by atoms with Crippen molar-refractivity contribution < 1.29 is 42.7 Å². The molecule has 3 heterocycles. The molecule has 2 fully saturated rings. The lowest BCUT2D eigenvalue weighted by atomic mass is 10.0. The molecule has 2 saturated heterocycles. The number of carbonyl (C=O) groups excluding carboxylic acids is 6. The molecule has 4 amide bonds. The van der Waals surface area contributed by atoms with Gasteiger partial charge in [-0.25, -0.2) is 9.80 Å². The molecule has 3 aromatic rings. The number of amides is 4. The minimum atomic E-state index is -1.22. The lowest BCUT2D eigenvalue weighted by molar-refractivity contribution is -0.176. The van der Waals surface area contributed by atoms with Crippen LogP contribution in [0.15, 0.2) is 65.3 Å². The highest BCUT2D eigenvalue weighted by atomic mass is 35.5. The van der Waals surface area contributed by atoms with Gasteiger partial charge in [-0.05, 0) is 88.4 Å². The molecule has 0 radical (unpaired) electrons. The summed E-state index contributed by atoms with van der Waals surface area (Å²) in [5.74, 6) is -3.37. The largest absolute Gasteiger partial charge is 0.488 e. The number of benzene rings is 2. The number of Topliss-reactive ketones (excluding diaryl/α,β-unsaturated/α-hetero) is 1. The smallest absolute Gasteiger partial charge is 0.341 e. The van der Waals surface area contributed by atoms with Crippen LogP contribution in [0.4, 0.5) is 0 Å². The van der Waals surface area contributed by atoms with Crippen molar-refractivity contribution in [1.82, 2.24) is 20.7 Å². The molecule has 51 heavy (non-hydrogen) atoms. The molecule has 1 aromatic heterocycles. The number of nitrogens with one attached hydrogen (secondary N) is 2. The highest BCUT2D eigenvalue weighted by Crippen LogP contribution is 2.27. The first-order valence-corrected chi connectivity index (χ1v) is 17.2. The number of hydrogen-bond donors (Lipinski definition) is 2. The first-order valence-electron chi connectivity index (χ1n) is 16.4. The maximum atomic E-state index is 14.0. The van der Waals surface area contributed by atoms with Gasteiger partial charge >= 0.3 is 5.97 Å². The Morgan fingerprint density at radius 2 is 1.69 bits per heavy atom. The maximum absolute atomic E-state index is 14.0. The molecule has 0 aliphatic carbocycles. The normalized spacial score (nSPS) is 18.3. The Hall–Kier alpha value is -4.88. The second kappa shape index (κ2) is 16.0. The number of halogens is 2. The van der Waals surface area contributed by atoms with Gasteiger partial charge in [-0.2, -0.15) is 0 Å². The van der Waals surface area contributed by atoms with Gasteiger partial charge in [-0.15, -0.1) is 0 Å². The minimum absolute atomic E-state index is 0.00406. The molecule has 13 nitrogen and oxygen atoms in total. The molecule has 2 N–H and O–H groups in total. The van der Waals surface area contributed by atoms with Gasteiger partial charge in [0.1, 0.15) is 23.4 Å². The van der Waals surface area contributed by atoms with Crippen LogP contribution in [0.2, 0.25) is 10.0 Å². The van der Waals surface area contributed by atoms with Crippen molar-refractivity contribution in [1.29, 1.82) is 0 Å². The number of hydrogen-bond acceptors (Lipinski definition) is 9. The second-order valence-electron chi connectivity index (χ2n) is 13.2. The van der Waals surface area contributed by atoms with Crippen molar-refractivity contribution >= 4 is 58.6 Å². The topological polar surface area (TPSA) is 165 Å². The van der Waals surface area contributed by atoms with Gasteiger partial charge in [-0.1, -0.05) is 41.4 Å². The van der Waals surface area contributed by atoms with E-state index in [0.717, 1.165) is 5.01 Å². The zero-order valence-electron chi connectivity index (χ0n) is 28.3. The van der Waals surface area contributed by atoms with E-state index in [1.807, 2.05) is 20.8 Å². The number of fused-ring (bicyclic) bond motifs is 1. The van der Waals surface area contributed by atoms with E-state index >= 15 is 0 Å². The molecule has 0 spiro atoms. The van der Waals surface area contributed by atoms with Crippen molar-refractivity contribution in [2.24, 2.45) is 0 Å². The molecule has 0 bridgehead atoms. The quantitative estimate of drug-likeness (QED) is 0.269. The van der Waals surface area contributed by atoms with E-state index in [9.17, 15) is 28.8 Å². The molecular weight excluding hydrogens is 703 g/mol. The van der Waals surface area contributed by atoms with Crippen LogP contribution in [0.3, 0.4) is 0 Å². The molecule has 15 heteroatoms. The van der Waals surface area contributed by atoms with Crippen LogP contribution < -0.4 is 15.4 Å². The van der Waals surface area contributed by atoms with Gasteiger partial charge in [0.05, 0.1) is 27.9 Å². The number of esters is 1. The number of ether oxygens (including phenoxy) is 2. The molecule has 0 unspecified atom stereocenters. The fourth-order valence-corrected chi connectivity index (χ4v) is 6.39. The Morgan fingerprint density at radius 3 is 2.33 bits per heavy atom. The van der Waals surface area contributed by atoms with E-state index in [4.69, 9.17) is 37.1 Å². The Balaban J connectivity index is 1.36. The summed E-state index contributed by atoms with van der Waals surface area (Å²) in [5, 5.41) is 7.76. The van der Waals surface area contributed by atoms with Crippen LogP contribution >= 0.6 is 23.2 Å². The van der Waals surface area contributed by atoms with Crippen molar-refractivity contribution in [3.63, 3.8) is 0 Å². The number of carbonyl (C=O) groups is 6. The number of furan rings is 1. The van der Waals surface area contributed by atoms with Gasteiger partial charge in [-0.3, -0.25) is 29.0 Å². The zero-order valence-corrected chi connectivity index (χ0v) is 29.8. The molecule has 2 aromatic carbocycles. The third kappa shape index (κ3) is 9.27. The van der Waals surface area contributed by atoms with Gasteiger partial charge in [0.15, 0.2) is 18.2 Å². The molecule has 3 atom stereocenters. The average Bonchev–Trinajstić information content (AvgIpc) is 3.60. The standard InChI is InChI=1S/C36H38Cl2N4O9/c1-36(2,3)51-22-13-11-21(12-14-22)19-26(28(43)20-50-35(48)31-23(37)7-4-8-24(31)38)40-32(45)27-9-5-17-41-30(44)16-15-25(34(47)42(27)41)39-33(46)29-10-6-18-49-29/h4,6-8,10-14,18,25-27H,5,9,15-17,19-20H2,1-3H3,(H,39,46)(H,40,45)/t25-,26-,27-/m0/s1. The molecule has 5 rings (SSSR count). The molecule has 0 saturated carbocycles. The molecule has 2 aliphatic heterocycles. The van der Waals surface area contributed by atoms with E-state index in [2.05, 4.69) is 10.6 Å². The summed E-state index contributed by atoms with van der Waals surface area (Å²) >= 11 is 12.3. The summed E-state index contributed by atoms with van der Waals surface area (Å²) in [6.45, 7) is 5.19. The fourth-order valence-electron chi connectivity index (χ4n) is 5.84. The Labute approximate surface area is 304 Å². The van der Waals surface area contributed by atoms with Crippen molar-refractivity contribution in [3.8, 4) is 5.75 Å². The van der Waals surface area contributed by atoms with Crippen LogP contribution in [0, 0.1) is 0 Å². The van der Waals surface area contributed by atoms with Crippen molar-refractivity contribution in [2.75, 3.05) is 13.2 Å². The number of rotatable bonds is 11. The van der Waals surface area contributed by atoms with Crippen molar-refractivity contribution in [3.05, 3.63) is 87.8 Å². The van der Waals surface area contributed by atoms with Gasteiger partial charge < -0.3 is 24.5 Å². The van der Waals surface area contributed by atoms with Crippen LogP contribution in [0.5, 0.6) is 5.75 Å². The molecular formula is C36H38Cl2N4O9. The molecule has 2 aliphatic rings. The first kappa shape index (κ1) is 37.4. The van der Waals surface area contributed by atoms with E-state index < -0.39 is 59.8 Å². The predicted molar refractivity (Wildman–Crippen MR) is 185 cm³/mol. The minimum Gasteiger partial charge on any atom is -0.488 e. The highest BCUT2D eigenvalue weighted by molar-refractivity contribution is 6.39.